The number of amides is 1. The van der Waals surface area contributed by atoms with Crippen molar-refractivity contribution in [2.24, 2.45) is 0 Å². The third-order valence-electron chi connectivity index (χ3n) is 4.61. The molecule has 138 valence electrons. The molecule has 0 bridgehead atoms. The van der Waals surface area contributed by atoms with Crippen LogP contribution < -0.4 is 14.8 Å². The summed E-state index contributed by atoms with van der Waals surface area (Å²) in [4.78, 5) is 13.1. The average Bonchev–Trinajstić information content (AvgIpc) is 3.46. The van der Waals surface area contributed by atoms with E-state index in [4.69, 9.17) is 9.47 Å². The van der Waals surface area contributed by atoms with E-state index in [2.05, 4.69) is 10.4 Å². The Morgan fingerprint density at radius 1 is 1.07 bits per heavy atom. The van der Waals surface area contributed by atoms with Crippen molar-refractivity contribution < 1.29 is 14.3 Å². The molecule has 6 heteroatoms. The second-order valence-electron chi connectivity index (χ2n) is 6.50. The summed E-state index contributed by atoms with van der Waals surface area (Å²) >= 11 is 0. The van der Waals surface area contributed by atoms with E-state index in [-0.39, 0.29) is 5.91 Å². The Labute approximate surface area is 157 Å². The van der Waals surface area contributed by atoms with Gasteiger partial charge in [-0.2, -0.15) is 5.10 Å². The molecule has 1 fully saturated rings. The molecule has 1 heterocycles. The largest absolute Gasteiger partial charge is 0.497 e. The minimum absolute atomic E-state index is 0.246. The van der Waals surface area contributed by atoms with Crippen molar-refractivity contribution in [1.82, 2.24) is 9.78 Å². The van der Waals surface area contributed by atoms with Crippen LogP contribution >= 0.6 is 0 Å². The summed E-state index contributed by atoms with van der Waals surface area (Å²) in [5, 5.41) is 7.61. The van der Waals surface area contributed by atoms with Gasteiger partial charge in [-0.3, -0.25) is 4.79 Å². The SMILES string of the molecule is COc1ccc(OC)c(NC(=O)c2cc(C3CC3)nn2-c2ccccc2)c1. The Balaban J connectivity index is 1.70. The minimum atomic E-state index is -0.246. The van der Waals surface area contributed by atoms with Gasteiger partial charge in [-0.1, -0.05) is 18.2 Å². The van der Waals surface area contributed by atoms with Crippen molar-refractivity contribution in [3.05, 3.63) is 66.0 Å². The van der Waals surface area contributed by atoms with Crippen LogP contribution in [0.25, 0.3) is 5.69 Å². The van der Waals surface area contributed by atoms with Gasteiger partial charge in [-0.05, 0) is 43.2 Å². The standard InChI is InChI=1S/C21H21N3O3/c1-26-16-10-11-20(27-2)18(12-16)22-21(25)19-13-17(14-8-9-14)23-24(19)15-6-4-3-5-7-15/h3-7,10-14H,8-9H2,1-2H3,(H,22,25). The van der Waals surface area contributed by atoms with Crippen LogP contribution in [0.5, 0.6) is 11.5 Å². The summed E-state index contributed by atoms with van der Waals surface area (Å²) in [6.07, 6.45) is 2.24. The molecular formula is C21H21N3O3. The van der Waals surface area contributed by atoms with Crippen LogP contribution in [0.4, 0.5) is 5.69 Å². The van der Waals surface area contributed by atoms with Crippen LogP contribution in [0.15, 0.2) is 54.6 Å². The van der Waals surface area contributed by atoms with E-state index in [1.807, 2.05) is 36.4 Å². The van der Waals surface area contributed by atoms with Crippen molar-refractivity contribution in [1.29, 1.82) is 0 Å². The fourth-order valence-corrected chi connectivity index (χ4v) is 3.00. The number of para-hydroxylation sites is 1. The summed E-state index contributed by atoms with van der Waals surface area (Å²) in [5.41, 5.74) is 2.86. The van der Waals surface area contributed by atoms with E-state index in [9.17, 15) is 4.79 Å². The first-order valence-corrected chi connectivity index (χ1v) is 8.88. The van der Waals surface area contributed by atoms with Crippen molar-refractivity contribution >= 4 is 11.6 Å². The van der Waals surface area contributed by atoms with Gasteiger partial charge in [-0.25, -0.2) is 4.68 Å². The van der Waals surface area contributed by atoms with Gasteiger partial charge in [0.05, 0.1) is 31.3 Å². The zero-order chi connectivity index (χ0) is 18.8. The molecule has 1 saturated carbocycles. The quantitative estimate of drug-likeness (QED) is 0.718. The smallest absolute Gasteiger partial charge is 0.274 e. The molecule has 0 aliphatic heterocycles. The Morgan fingerprint density at radius 2 is 1.85 bits per heavy atom. The Morgan fingerprint density at radius 3 is 2.52 bits per heavy atom. The summed E-state index contributed by atoms with van der Waals surface area (Å²) in [5.74, 6) is 1.41. The lowest BCUT2D eigenvalue weighted by molar-refractivity contribution is 0.101. The van der Waals surface area contributed by atoms with Gasteiger partial charge >= 0.3 is 0 Å². The van der Waals surface area contributed by atoms with Gasteiger partial charge in [-0.15, -0.1) is 0 Å². The number of hydrogen-bond donors (Lipinski definition) is 1. The number of carbonyl (C=O) groups excluding carboxylic acids is 1. The fourth-order valence-electron chi connectivity index (χ4n) is 3.00. The molecule has 6 nitrogen and oxygen atoms in total. The molecule has 2 aromatic carbocycles. The monoisotopic (exact) mass is 363 g/mol. The molecule has 0 radical (unpaired) electrons. The van der Waals surface area contributed by atoms with E-state index in [1.165, 1.54) is 0 Å². The van der Waals surface area contributed by atoms with Crippen LogP contribution in [0, 0.1) is 0 Å². The molecule has 1 aliphatic rings. The molecule has 4 rings (SSSR count). The second-order valence-corrected chi connectivity index (χ2v) is 6.50. The van der Waals surface area contributed by atoms with Crippen molar-refractivity contribution in [3.63, 3.8) is 0 Å². The number of benzene rings is 2. The van der Waals surface area contributed by atoms with E-state index in [0.717, 1.165) is 24.2 Å². The number of carbonyl (C=O) groups is 1. The predicted octanol–water partition coefficient (Wildman–Crippen LogP) is 4.02. The number of nitrogens with one attached hydrogen (secondary N) is 1. The summed E-state index contributed by atoms with van der Waals surface area (Å²) in [7, 11) is 3.15. The topological polar surface area (TPSA) is 65.4 Å². The van der Waals surface area contributed by atoms with E-state index >= 15 is 0 Å². The highest BCUT2D eigenvalue weighted by atomic mass is 16.5. The van der Waals surface area contributed by atoms with Crippen LogP contribution in [-0.4, -0.2) is 29.9 Å². The first-order chi connectivity index (χ1) is 13.2. The van der Waals surface area contributed by atoms with Gasteiger partial charge < -0.3 is 14.8 Å². The number of anilines is 1. The molecule has 1 aromatic heterocycles. The zero-order valence-corrected chi connectivity index (χ0v) is 15.3. The predicted molar refractivity (Wildman–Crippen MR) is 103 cm³/mol. The van der Waals surface area contributed by atoms with Crippen molar-refractivity contribution in [2.75, 3.05) is 19.5 Å². The molecule has 1 aliphatic carbocycles. The highest BCUT2D eigenvalue weighted by molar-refractivity contribution is 6.04. The third-order valence-corrected chi connectivity index (χ3v) is 4.61. The molecule has 0 atom stereocenters. The van der Waals surface area contributed by atoms with Crippen LogP contribution in [0.2, 0.25) is 0 Å². The maximum atomic E-state index is 13.1. The van der Waals surface area contributed by atoms with Gasteiger partial charge in [0.15, 0.2) is 0 Å². The number of methoxy groups -OCH3 is 2. The van der Waals surface area contributed by atoms with Gasteiger partial charge in [0.1, 0.15) is 17.2 Å². The molecule has 0 spiro atoms. The lowest BCUT2D eigenvalue weighted by atomic mass is 10.2. The minimum Gasteiger partial charge on any atom is -0.497 e. The maximum Gasteiger partial charge on any atom is 0.274 e. The molecule has 27 heavy (non-hydrogen) atoms. The Hall–Kier alpha value is -3.28. The van der Waals surface area contributed by atoms with Gasteiger partial charge in [0.2, 0.25) is 0 Å². The summed E-state index contributed by atoms with van der Waals surface area (Å²) in [6.45, 7) is 0. The normalized spacial score (nSPS) is 13.3. The molecule has 1 amide bonds. The van der Waals surface area contributed by atoms with Crippen molar-refractivity contribution in [3.8, 4) is 17.2 Å². The Bertz CT molecular complexity index is 962. The maximum absolute atomic E-state index is 13.1. The highest BCUT2D eigenvalue weighted by Crippen LogP contribution is 2.40. The summed E-state index contributed by atoms with van der Waals surface area (Å²) < 4.78 is 12.3. The molecule has 3 aromatic rings. The molecular weight excluding hydrogens is 342 g/mol. The van der Waals surface area contributed by atoms with Crippen LogP contribution in [0.1, 0.15) is 34.9 Å². The van der Waals surface area contributed by atoms with Crippen LogP contribution in [0.3, 0.4) is 0 Å². The number of hydrogen-bond acceptors (Lipinski definition) is 4. The number of nitrogens with zero attached hydrogens (tertiary/aromatic N) is 2. The third kappa shape index (κ3) is 3.51. The fraction of sp³-hybridized carbons (Fsp3) is 0.238. The van der Waals surface area contributed by atoms with Crippen LogP contribution in [-0.2, 0) is 0 Å². The van der Waals surface area contributed by atoms with Gasteiger partial charge in [0, 0.05) is 12.0 Å². The van der Waals surface area contributed by atoms with Crippen molar-refractivity contribution in [2.45, 2.75) is 18.8 Å². The highest BCUT2D eigenvalue weighted by Gasteiger charge is 2.29. The van der Waals surface area contributed by atoms with E-state index in [0.29, 0.717) is 28.8 Å². The number of aromatic nitrogens is 2. The van der Waals surface area contributed by atoms with E-state index in [1.54, 1.807) is 37.1 Å². The first-order valence-electron chi connectivity index (χ1n) is 8.88. The van der Waals surface area contributed by atoms with Gasteiger partial charge in [0.25, 0.3) is 5.91 Å². The average molecular weight is 363 g/mol. The number of rotatable bonds is 6. The Kier molecular flexibility index (Phi) is 4.54. The van der Waals surface area contributed by atoms with E-state index < -0.39 is 0 Å². The summed E-state index contributed by atoms with van der Waals surface area (Å²) in [6, 6.07) is 16.8. The molecule has 0 saturated heterocycles. The molecule has 0 unspecified atom stereocenters. The number of ether oxygens (including phenoxy) is 2. The first kappa shape index (κ1) is 17.1. The molecule has 1 N–H and O–H groups in total. The lowest BCUT2D eigenvalue weighted by Crippen LogP contribution is -2.17. The second kappa shape index (κ2) is 7.15. The lowest BCUT2D eigenvalue weighted by Gasteiger charge is -2.12. The zero-order valence-electron chi connectivity index (χ0n) is 15.3.